The molecule has 0 bridgehead atoms. The van der Waals surface area contributed by atoms with E-state index in [2.05, 4.69) is 0 Å². The Bertz CT molecular complexity index is 471. The van der Waals surface area contributed by atoms with Crippen molar-refractivity contribution >= 4 is 17.6 Å². The molecular weight excluding hydrogens is 246 g/mol. The van der Waals surface area contributed by atoms with E-state index in [0.29, 0.717) is 17.9 Å². The van der Waals surface area contributed by atoms with E-state index in [4.69, 9.17) is 9.84 Å². The minimum Gasteiger partial charge on any atom is -0.495 e. The molecule has 5 heteroatoms. The van der Waals surface area contributed by atoms with Crippen molar-refractivity contribution in [3.05, 3.63) is 23.8 Å². The van der Waals surface area contributed by atoms with Crippen LogP contribution in [0, 0.1) is 6.92 Å². The minimum absolute atomic E-state index is 0.0944. The summed E-state index contributed by atoms with van der Waals surface area (Å²) in [6.45, 7) is 3.80. The number of methoxy groups -OCH3 is 1. The van der Waals surface area contributed by atoms with Crippen LogP contribution in [0.25, 0.3) is 0 Å². The summed E-state index contributed by atoms with van der Waals surface area (Å²) in [6, 6.07) is 5.49. The molecule has 1 amide bonds. The number of hydrogen-bond acceptors (Lipinski definition) is 3. The molecule has 1 rings (SSSR count). The fourth-order valence-corrected chi connectivity index (χ4v) is 1.79. The van der Waals surface area contributed by atoms with E-state index in [1.165, 1.54) is 12.0 Å². The lowest BCUT2D eigenvalue weighted by Crippen LogP contribution is -2.32. The Morgan fingerprint density at radius 3 is 2.58 bits per heavy atom. The smallest absolute Gasteiger partial charge is 0.305 e. The van der Waals surface area contributed by atoms with Crippen LogP contribution in [-0.4, -0.2) is 30.6 Å². The molecule has 0 aliphatic rings. The number of carboxylic acid groups (broad SMARTS) is 1. The number of carbonyl (C=O) groups excluding carboxylic acids is 1. The summed E-state index contributed by atoms with van der Waals surface area (Å²) in [5.41, 5.74) is 1.61. The van der Waals surface area contributed by atoms with Crippen LogP contribution in [-0.2, 0) is 9.59 Å². The van der Waals surface area contributed by atoms with E-state index in [1.54, 1.807) is 13.0 Å². The van der Waals surface area contributed by atoms with E-state index >= 15 is 0 Å². The summed E-state index contributed by atoms with van der Waals surface area (Å²) in [6.07, 6.45) is 0.222. The van der Waals surface area contributed by atoms with E-state index in [9.17, 15) is 9.59 Å². The number of carbonyl (C=O) groups is 2. The summed E-state index contributed by atoms with van der Waals surface area (Å²) in [5, 5.41) is 8.78. The Morgan fingerprint density at radius 2 is 2.05 bits per heavy atom. The Kier molecular flexibility index (Phi) is 5.36. The van der Waals surface area contributed by atoms with Gasteiger partial charge in [-0.25, -0.2) is 0 Å². The topological polar surface area (TPSA) is 66.8 Å². The molecule has 0 fully saturated rings. The van der Waals surface area contributed by atoms with Gasteiger partial charge in [0.05, 0.1) is 19.2 Å². The van der Waals surface area contributed by atoms with Crippen LogP contribution in [0.15, 0.2) is 18.2 Å². The maximum absolute atomic E-state index is 12.0. The molecule has 5 nitrogen and oxygen atoms in total. The standard InChI is InChI=1S/C14H19NO4/c1-4-13(16)15(8-7-14(17)18)11-9-10(2)5-6-12(11)19-3/h5-6,9H,4,7-8H2,1-3H3,(H,17,18). The number of anilines is 1. The highest BCUT2D eigenvalue weighted by molar-refractivity contribution is 5.95. The highest BCUT2D eigenvalue weighted by Gasteiger charge is 2.19. The van der Waals surface area contributed by atoms with Gasteiger partial charge < -0.3 is 14.7 Å². The molecule has 1 aromatic rings. The summed E-state index contributed by atoms with van der Waals surface area (Å²) in [4.78, 5) is 24.2. The largest absolute Gasteiger partial charge is 0.495 e. The zero-order valence-corrected chi connectivity index (χ0v) is 11.5. The molecule has 0 spiro atoms. The molecule has 0 radical (unpaired) electrons. The molecule has 0 aliphatic heterocycles. The Balaban J connectivity index is 3.11. The lowest BCUT2D eigenvalue weighted by molar-refractivity contribution is -0.136. The predicted octanol–water partition coefficient (Wildman–Crippen LogP) is 2.22. The molecule has 1 aromatic carbocycles. The second kappa shape index (κ2) is 6.78. The first-order valence-electron chi connectivity index (χ1n) is 6.16. The van der Waals surface area contributed by atoms with Crippen LogP contribution in [0.1, 0.15) is 25.3 Å². The summed E-state index contributed by atoms with van der Waals surface area (Å²) in [7, 11) is 1.53. The molecule has 104 valence electrons. The van der Waals surface area contributed by atoms with Crippen molar-refractivity contribution in [2.45, 2.75) is 26.7 Å². The van der Waals surface area contributed by atoms with Gasteiger partial charge in [0.2, 0.25) is 5.91 Å². The Labute approximate surface area is 112 Å². The number of rotatable bonds is 6. The molecule has 0 aliphatic carbocycles. The van der Waals surface area contributed by atoms with E-state index in [-0.39, 0.29) is 18.9 Å². The van der Waals surface area contributed by atoms with Crippen molar-refractivity contribution in [3.63, 3.8) is 0 Å². The fourth-order valence-electron chi connectivity index (χ4n) is 1.79. The van der Waals surface area contributed by atoms with Crippen molar-refractivity contribution in [2.75, 3.05) is 18.6 Å². The SMILES string of the molecule is CCC(=O)N(CCC(=O)O)c1cc(C)ccc1OC. The van der Waals surface area contributed by atoms with E-state index in [1.807, 2.05) is 19.1 Å². The molecule has 1 N–H and O–H groups in total. The summed E-state index contributed by atoms with van der Waals surface area (Å²) < 4.78 is 5.24. The quantitative estimate of drug-likeness (QED) is 0.856. The minimum atomic E-state index is -0.930. The third kappa shape index (κ3) is 3.98. The van der Waals surface area contributed by atoms with Crippen LogP contribution < -0.4 is 9.64 Å². The predicted molar refractivity (Wildman–Crippen MR) is 72.6 cm³/mol. The van der Waals surface area contributed by atoms with E-state index < -0.39 is 5.97 Å². The lowest BCUT2D eigenvalue weighted by Gasteiger charge is -2.24. The molecule has 19 heavy (non-hydrogen) atoms. The van der Waals surface area contributed by atoms with Crippen LogP contribution in [0.4, 0.5) is 5.69 Å². The average Bonchev–Trinajstić information content (AvgIpc) is 2.38. The van der Waals surface area contributed by atoms with Gasteiger partial charge in [-0.2, -0.15) is 0 Å². The second-order valence-corrected chi connectivity index (χ2v) is 4.22. The lowest BCUT2D eigenvalue weighted by atomic mass is 10.1. The van der Waals surface area contributed by atoms with Gasteiger partial charge in [-0.05, 0) is 24.6 Å². The first-order chi connectivity index (χ1) is 8.99. The number of amides is 1. The maximum atomic E-state index is 12.0. The van der Waals surface area contributed by atoms with Gasteiger partial charge in [0.1, 0.15) is 5.75 Å². The van der Waals surface area contributed by atoms with E-state index in [0.717, 1.165) is 5.56 Å². The van der Waals surface area contributed by atoms with Crippen LogP contribution >= 0.6 is 0 Å². The third-order valence-electron chi connectivity index (χ3n) is 2.78. The molecular formula is C14H19NO4. The van der Waals surface area contributed by atoms with Crippen molar-refractivity contribution in [1.29, 1.82) is 0 Å². The molecule has 0 heterocycles. The van der Waals surface area contributed by atoms with Crippen molar-refractivity contribution < 1.29 is 19.4 Å². The molecule has 0 atom stereocenters. The zero-order chi connectivity index (χ0) is 14.4. The van der Waals surface area contributed by atoms with Gasteiger partial charge >= 0.3 is 5.97 Å². The number of aryl methyl sites for hydroxylation is 1. The highest BCUT2D eigenvalue weighted by atomic mass is 16.5. The molecule has 0 saturated heterocycles. The third-order valence-corrected chi connectivity index (χ3v) is 2.78. The number of benzene rings is 1. The van der Waals surface area contributed by atoms with Crippen LogP contribution in [0.2, 0.25) is 0 Å². The maximum Gasteiger partial charge on any atom is 0.305 e. The molecule has 0 aromatic heterocycles. The second-order valence-electron chi connectivity index (χ2n) is 4.22. The number of carboxylic acids is 1. The van der Waals surface area contributed by atoms with Crippen LogP contribution in [0.3, 0.4) is 0 Å². The number of hydrogen-bond donors (Lipinski definition) is 1. The van der Waals surface area contributed by atoms with Gasteiger partial charge in [0, 0.05) is 13.0 Å². The Morgan fingerprint density at radius 1 is 1.37 bits per heavy atom. The zero-order valence-electron chi connectivity index (χ0n) is 11.5. The van der Waals surface area contributed by atoms with Gasteiger partial charge in [-0.1, -0.05) is 13.0 Å². The monoisotopic (exact) mass is 265 g/mol. The van der Waals surface area contributed by atoms with Gasteiger partial charge in [-0.15, -0.1) is 0 Å². The summed E-state index contributed by atoms with van der Waals surface area (Å²) in [5.74, 6) is -0.483. The van der Waals surface area contributed by atoms with Gasteiger partial charge in [-0.3, -0.25) is 9.59 Å². The first-order valence-corrected chi connectivity index (χ1v) is 6.16. The number of nitrogens with zero attached hydrogens (tertiary/aromatic N) is 1. The highest BCUT2D eigenvalue weighted by Crippen LogP contribution is 2.30. The van der Waals surface area contributed by atoms with Gasteiger partial charge in [0.15, 0.2) is 0 Å². The molecule has 0 unspecified atom stereocenters. The first kappa shape index (κ1) is 15.0. The van der Waals surface area contributed by atoms with Crippen molar-refractivity contribution in [2.24, 2.45) is 0 Å². The number of ether oxygens (including phenoxy) is 1. The van der Waals surface area contributed by atoms with Crippen molar-refractivity contribution in [1.82, 2.24) is 0 Å². The Hall–Kier alpha value is -2.04. The van der Waals surface area contributed by atoms with Crippen molar-refractivity contribution in [3.8, 4) is 5.75 Å². The number of aliphatic carboxylic acids is 1. The molecule has 0 saturated carbocycles. The van der Waals surface area contributed by atoms with Crippen LogP contribution in [0.5, 0.6) is 5.75 Å². The average molecular weight is 265 g/mol. The fraction of sp³-hybridized carbons (Fsp3) is 0.429. The van der Waals surface area contributed by atoms with Gasteiger partial charge in [0.25, 0.3) is 0 Å². The summed E-state index contributed by atoms with van der Waals surface area (Å²) >= 11 is 0. The normalized spacial score (nSPS) is 10.1.